The standard InChI is InChI=1S/C15H23ClO2/c1-12(2)6-8-18-9-7-15(17)11-13-4-3-5-14(16)10-13/h3-5,10,12,15,17H,6-9,11H2,1-2H3. The van der Waals surface area contributed by atoms with Crippen LogP contribution in [0.5, 0.6) is 0 Å². The monoisotopic (exact) mass is 270 g/mol. The van der Waals surface area contributed by atoms with Gasteiger partial charge in [0.1, 0.15) is 0 Å². The Morgan fingerprint density at radius 1 is 1.22 bits per heavy atom. The molecule has 1 rings (SSSR count). The first-order chi connectivity index (χ1) is 8.58. The molecule has 3 heteroatoms. The van der Waals surface area contributed by atoms with Crippen molar-refractivity contribution in [3.8, 4) is 0 Å². The Hall–Kier alpha value is -0.570. The van der Waals surface area contributed by atoms with Crippen LogP contribution in [0, 0.1) is 5.92 Å². The summed E-state index contributed by atoms with van der Waals surface area (Å²) in [4.78, 5) is 0. The summed E-state index contributed by atoms with van der Waals surface area (Å²) in [6.07, 6.45) is 2.02. The molecule has 0 heterocycles. The third kappa shape index (κ3) is 7.00. The van der Waals surface area contributed by atoms with Crippen LogP contribution in [-0.4, -0.2) is 24.4 Å². The van der Waals surface area contributed by atoms with Crippen LogP contribution in [-0.2, 0) is 11.2 Å². The van der Waals surface area contributed by atoms with E-state index >= 15 is 0 Å². The number of hydrogen-bond donors (Lipinski definition) is 1. The predicted octanol–water partition coefficient (Wildman–Crippen LogP) is 3.70. The van der Waals surface area contributed by atoms with E-state index < -0.39 is 0 Å². The Balaban J connectivity index is 2.16. The van der Waals surface area contributed by atoms with Gasteiger partial charge in [0.2, 0.25) is 0 Å². The van der Waals surface area contributed by atoms with E-state index in [0.29, 0.717) is 30.4 Å². The van der Waals surface area contributed by atoms with Crippen LogP contribution < -0.4 is 0 Å². The second kappa shape index (κ2) is 8.52. The molecule has 0 aliphatic heterocycles. The van der Waals surface area contributed by atoms with Crippen LogP contribution in [0.3, 0.4) is 0 Å². The summed E-state index contributed by atoms with van der Waals surface area (Å²) in [5, 5.41) is 10.6. The molecule has 0 saturated heterocycles. The fourth-order valence-corrected chi connectivity index (χ4v) is 1.89. The maximum absolute atomic E-state index is 9.88. The van der Waals surface area contributed by atoms with E-state index in [2.05, 4.69) is 13.8 Å². The molecule has 102 valence electrons. The molecule has 0 aliphatic rings. The zero-order chi connectivity index (χ0) is 13.4. The maximum atomic E-state index is 9.88. The molecule has 1 atom stereocenters. The van der Waals surface area contributed by atoms with Crippen molar-refractivity contribution in [2.24, 2.45) is 5.92 Å². The van der Waals surface area contributed by atoms with Gasteiger partial charge in [-0.1, -0.05) is 37.6 Å². The lowest BCUT2D eigenvalue weighted by Crippen LogP contribution is -2.14. The number of halogens is 1. The Kier molecular flexibility index (Phi) is 7.33. The molecule has 0 saturated carbocycles. The van der Waals surface area contributed by atoms with Crippen LogP contribution >= 0.6 is 11.6 Å². The molecule has 2 nitrogen and oxygen atoms in total. The Labute approximate surface area is 115 Å². The highest BCUT2D eigenvalue weighted by Crippen LogP contribution is 2.13. The van der Waals surface area contributed by atoms with Crippen LogP contribution in [0.25, 0.3) is 0 Å². The first kappa shape index (κ1) is 15.5. The smallest absolute Gasteiger partial charge is 0.0602 e. The van der Waals surface area contributed by atoms with Gasteiger partial charge in [-0.3, -0.25) is 0 Å². The molecule has 1 N–H and O–H groups in total. The Morgan fingerprint density at radius 3 is 2.61 bits per heavy atom. The molecule has 1 unspecified atom stereocenters. The summed E-state index contributed by atoms with van der Waals surface area (Å²) < 4.78 is 5.49. The van der Waals surface area contributed by atoms with E-state index in [9.17, 15) is 5.11 Å². The van der Waals surface area contributed by atoms with Gasteiger partial charge in [-0.25, -0.2) is 0 Å². The minimum Gasteiger partial charge on any atom is -0.393 e. The second-order valence-electron chi connectivity index (χ2n) is 5.07. The van der Waals surface area contributed by atoms with E-state index in [1.807, 2.05) is 24.3 Å². The van der Waals surface area contributed by atoms with Gasteiger partial charge in [-0.2, -0.15) is 0 Å². The molecule has 0 amide bonds. The average Bonchev–Trinajstić information content (AvgIpc) is 2.28. The van der Waals surface area contributed by atoms with Gasteiger partial charge in [0.25, 0.3) is 0 Å². The molecule has 18 heavy (non-hydrogen) atoms. The topological polar surface area (TPSA) is 29.5 Å². The van der Waals surface area contributed by atoms with Crippen molar-refractivity contribution in [2.45, 2.75) is 39.2 Å². The molecule has 0 aromatic heterocycles. The largest absolute Gasteiger partial charge is 0.393 e. The fraction of sp³-hybridized carbons (Fsp3) is 0.600. The summed E-state index contributed by atoms with van der Waals surface area (Å²) >= 11 is 5.90. The van der Waals surface area contributed by atoms with Crippen molar-refractivity contribution >= 4 is 11.6 Å². The summed E-state index contributed by atoms with van der Waals surface area (Å²) in [5.41, 5.74) is 1.07. The van der Waals surface area contributed by atoms with E-state index in [4.69, 9.17) is 16.3 Å². The third-order valence-electron chi connectivity index (χ3n) is 2.80. The van der Waals surface area contributed by atoms with Gasteiger partial charge in [0, 0.05) is 18.2 Å². The second-order valence-corrected chi connectivity index (χ2v) is 5.51. The zero-order valence-electron chi connectivity index (χ0n) is 11.2. The van der Waals surface area contributed by atoms with Gasteiger partial charge < -0.3 is 9.84 Å². The predicted molar refractivity (Wildman–Crippen MR) is 76.1 cm³/mol. The summed E-state index contributed by atoms with van der Waals surface area (Å²) in [6, 6.07) is 7.62. The lowest BCUT2D eigenvalue weighted by molar-refractivity contribution is 0.0769. The minimum atomic E-state index is -0.359. The van der Waals surface area contributed by atoms with E-state index in [1.54, 1.807) is 0 Å². The third-order valence-corrected chi connectivity index (χ3v) is 3.03. The summed E-state index contributed by atoms with van der Waals surface area (Å²) in [6.45, 7) is 5.75. The molecule has 0 bridgehead atoms. The van der Waals surface area contributed by atoms with Gasteiger partial charge >= 0.3 is 0 Å². The van der Waals surface area contributed by atoms with Crippen LogP contribution in [0.1, 0.15) is 32.3 Å². The van der Waals surface area contributed by atoms with Crippen LogP contribution in [0.2, 0.25) is 5.02 Å². The van der Waals surface area contributed by atoms with Crippen LogP contribution in [0.4, 0.5) is 0 Å². The van der Waals surface area contributed by atoms with Gasteiger partial charge in [0.15, 0.2) is 0 Å². The Morgan fingerprint density at radius 2 is 1.94 bits per heavy atom. The molecule has 0 radical (unpaired) electrons. The fourth-order valence-electron chi connectivity index (χ4n) is 1.68. The first-order valence-corrected chi connectivity index (χ1v) is 6.96. The highest BCUT2D eigenvalue weighted by Gasteiger charge is 2.06. The van der Waals surface area contributed by atoms with Gasteiger partial charge in [-0.05, 0) is 42.9 Å². The molecular weight excluding hydrogens is 248 g/mol. The van der Waals surface area contributed by atoms with Crippen molar-refractivity contribution < 1.29 is 9.84 Å². The molecule has 0 spiro atoms. The van der Waals surface area contributed by atoms with Crippen LogP contribution in [0.15, 0.2) is 24.3 Å². The number of aliphatic hydroxyl groups excluding tert-OH is 1. The van der Waals surface area contributed by atoms with Crippen molar-refractivity contribution in [3.63, 3.8) is 0 Å². The number of rotatable bonds is 8. The summed E-state index contributed by atoms with van der Waals surface area (Å²) in [5.74, 6) is 0.668. The first-order valence-electron chi connectivity index (χ1n) is 6.58. The van der Waals surface area contributed by atoms with Crippen molar-refractivity contribution in [1.82, 2.24) is 0 Å². The zero-order valence-corrected chi connectivity index (χ0v) is 12.0. The molecule has 0 fully saturated rings. The normalized spacial score (nSPS) is 12.9. The average molecular weight is 271 g/mol. The van der Waals surface area contributed by atoms with Crippen molar-refractivity contribution in [3.05, 3.63) is 34.9 Å². The van der Waals surface area contributed by atoms with Gasteiger partial charge in [0.05, 0.1) is 6.10 Å². The molecule has 1 aromatic carbocycles. The van der Waals surface area contributed by atoms with E-state index in [1.165, 1.54) is 0 Å². The number of aliphatic hydroxyl groups is 1. The van der Waals surface area contributed by atoms with E-state index in [-0.39, 0.29) is 6.10 Å². The minimum absolute atomic E-state index is 0.359. The molecular formula is C15H23ClO2. The van der Waals surface area contributed by atoms with Crippen molar-refractivity contribution in [2.75, 3.05) is 13.2 Å². The lowest BCUT2D eigenvalue weighted by atomic mass is 10.1. The number of ether oxygens (including phenoxy) is 1. The highest BCUT2D eigenvalue weighted by molar-refractivity contribution is 6.30. The van der Waals surface area contributed by atoms with Gasteiger partial charge in [-0.15, -0.1) is 0 Å². The lowest BCUT2D eigenvalue weighted by Gasteiger charge is -2.11. The van der Waals surface area contributed by atoms with E-state index in [0.717, 1.165) is 18.6 Å². The summed E-state index contributed by atoms with van der Waals surface area (Å²) in [7, 11) is 0. The quantitative estimate of drug-likeness (QED) is 0.730. The number of hydrogen-bond acceptors (Lipinski definition) is 2. The molecule has 0 aliphatic carbocycles. The Bertz CT molecular complexity index is 339. The molecule has 1 aromatic rings. The number of benzene rings is 1. The highest BCUT2D eigenvalue weighted by atomic mass is 35.5. The SMILES string of the molecule is CC(C)CCOCCC(O)Cc1cccc(Cl)c1. The van der Waals surface area contributed by atoms with Crippen molar-refractivity contribution in [1.29, 1.82) is 0 Å². The maximum Gasteiger partial charge on any atom is 0.0602 e.